The number of aliphatic imine (C=N–C) groups is 1. The minimum Gasteiger partial charge on any atom is -0.357 e. The molecule has 0 saturated carbocycles. The van der Waals surface area contributed by atoms with Crippen molar-refractivity contribution < 1.29 is 0 Å². The average molecular weight is 336 g/mol. The van der Waals surface area contributed by atoms with Crippen LogP contribution in [0, 0.1) is 5.92 Å². The summed E-state index contributed by atoms with van der Waals surface area (Å²) in [6.45, 7) is 11.5. The van der Waals surface area contributed by atoms with E-state index in [1.165, 1.54) is 32.4 Å². The lowest BCUT2D eigenvalue weighted by atomic mass is 10.0. The van der Waals surface area contributed by atoms with Gasteiger partial charge in [-0.2, -0.15) is 5.10 Å². The Balaban J connectivity index is 1.93. The Labute approximate surface area is 145 Å². The lowest BCUT2D eigenvalue weighted by Gasteiger charge is -2.29. The molecule has 1 aliphatic heterocycles. The summed E-state index contributed by atoms with van der Waals surface area (Å²) in [6.07, 6.45) is 5.44. The molecule has 1 unspecified atom stereocenters. The summed E-state index contributed by atoms with van der Waals surface area (Å²) in [5, 5.41) is 10.9. The number of likely N-dealkylation sites (tertiary alicyclic amines) is 1. The molecule has 2 N–H and O–H groups in total. The van der Waals surface area contributed by atoms with E-state index in [1.807, 2.05) is 7.05 Å². The molecule has 1 saturated heterocycles. The van der Waals surface area contributed by atoms with Gasteiger partial charge in [0.25, 0.3) is 0 Å². The van der Waals surface area contributed by atoms with Crippen LogP contribution in [0.4, 0.5) is 0 Å². The van der Waals surface area contributed by atoms with Gasteiger partial charge in [0, 0.05) is 26.2 Å². The Hall–Kier alpha value is -1.63. The number of rotatable bonds is 8. The molecule has 1 atom stereocenters. The van der Waals surface area contributed by atoms with Crippen LogP contribution >= 0.6 is 0 Å². The smallest absolute Gasteiger partial charge is 0.191 e. The molecule has 0 aliphatic carbocycles. The first-order valence-corrected chi connectivity index (χ1v) is 9.19. The number of aryl methyl sites for hydroxylation is 1. The van der Waals surface area contributed by atoms with E-state index in [2.05, 4.69) is 51.4 Å². The highest BCUT2D eigenvalue weighted by atomic mass is 15.3. The summed E-state index contributed by atoms with van der Waals surface area (Å²) in [7, 11) is 1.89. The fourth-order valence-corrected chi connectivity index (χ4v) is 3.18. The molecule has 1 aliphatic rings. The topological polar surface area (TPSA) is 70.4 Å². The summed E-state index contributed by atoms with van der Waals surface area (Å²) < 4.78 is 1.76. The van der Waals surface area contributed by atoms with Crippen LogP contribution in [0.1, 0.15) is 45.9 Å². The second-order valence-corrected chi connectivity index (χ2v) is 6.90. The molecule has 136 valence electrons. The van der Waals surface area contributed by atoms with Crippen molar-refractivity contribution in [3.63, 3.8) is 0 Å². The second kappa shape index (κ2) is 9.61. The standard InChI is InChI=1S/C17H33N7/c1-5-18-17(20-12-16-21-13-22-23(16)4)19-11-15(10-14(2)3)24-8-6-7-9-24/h13-15H,5-12H2,1-4H3,(H2,18,19,20). The highest BCUT2D eigenvalue weighted by Gasteiger charge is 2.22. The Kier molecular flexibility index (Phi) is 7.49. The van der Waals surface area contributed by atoms with Crippen molar-refractivity contribution in [1.82, 2.24) is 30.3 Å². The van der Waals surface area contributed by atoms with Crippen molar-refractivity contribution in [3.8, 4) is 0 Å². The zero-order valence-corrected chi connectivity index (χ0v) is 15.6. The first-order chi connectivity index (χ1) is 11.6. The number of hydrogen-bond acceptors (Lipinski definition) is 4. The number of aromatic nitrogens is 3. The van der Waals surface area contributed by atoms with E-state index in [9.17, 15) is 0 Å². The van der Waals surface area contributed by atoms with Gasteiger partial charge in [-0.15, -0.1) is 0 Å². The average Bonchev–Trinajstić information content (AvgIpc) is 3.20. The maximum atomic E-state index is 4.65. The van der Waals surface area contributed by atoms with Crippen LogP contribution in [-0.2, 0) is 13.6 Å². The molecule has 7 nitrogen and oxygen atoms in total. The highest BCUT2D eigenvalue weighted by molar-refractivity contribution is 5.79. The Morgan fingerprint density at radius 3 is 2.62 bits per heavy atom. The summed E-state index contributed by atoms with van der Waals surface area (Å²) in [5.74, 6) is 2.43. The van der Waals surface area contributed by atoms with Gasteiger partial charge in [0.05, 0.1) is 0 Å². The molecule has 0 bridgehead atoms. The van der Waals surface area contributed by atoms with Gasteiger partial charge < -0.3 is 10.6 Å². The lowest BCUT2D eigenvalue weighted by molar-refractivity contribution is 0.213. The molecule has 7 heteroatoms. The maximum Gasteiger partial charge on any atom is 0.191 e. The third-order valence-corrected chi connectivity index (χ3v) is 4.43. The summed E-state index contributed by atoms with van der Waals surface area (Å²) in [5.41, 5.74) is 0. The minimum absolute atomic E-state index is 0.532. The zero-order valence-electron chi connectivity index (χ0n) is 15.6. The van der Waals surface area contributed by atoms with Crippen LogP contribution < -0.4 is 10.6 Å². The molecule has 0 radical (unpaired) electrons. The Bertz CT molecular complexity index is 503. The van der Waals surface area contributed by atoms with Crippen LogP contribution in [0.3, 0.4) is 0 Å². The molecule has 1 fully saturated rings. The fraction of sp³-hybridized carbons (Fsp3) is 0.824. The van der Waals surface area contributed by atoms with Gasteiger partial charge in [0.2, 0.25) is 0 Å². The Morgan fingerprint density at radius 2 is 2.04 bits per heavy atom. The van der Waals surface area contributed by atoms with Crippen LogP contribution in [0.5, 0.6) is 0 Å². The van der Waals surface area contributed by atoms with Gasteiger partial charge >= 0.3 is 0 Å². The van der Waals surface area contributed by atoms with Crippen LogP contribution in [0.25, 0.3) is 0 Å². The first kappa shape index (κ1) is 18.7. The lowest BCUT2D eigenvalue weighted by Crippen LogP contribution is -2.47. The fourth-order valence-electron chi connectivity index (χ4n) is 3.18. The van der Waals surface area contributed by atoms with Gasteiger partial charge in [-0.3, -0.25) is 9.58 Å². The van der Waals surface area contributed by atoms with E-state index in [0.717, 1.165) is 24.9 Å². The van der Waals surface area contributed by atoms with E-state index in [4.69, 9.17) is 0 Å². The van der Waals surface area contributed by atoms with Crippen molar-refractivity contribution in [2.45, 2.75) is 52.6 Å². The molecule has 1 aromatic heterocycles. The number of guanidine groups is 1. The van der Waals surface area contributed by atoms with Gasteiger partial charge in [-0.25, -0.2) is 9.98 Å². The molecule has 0 spiro atoms. The number of hydrogen-bond donors (Lipinski definition) is 2. The highest BCUT2D eigenvalue weighted by Crippen LogP contribution is 2.17. The van der Waals surface area contributed by atoms with Crippen molar-refractivity contribution in [3.05, 3.63) is 12.2 Å². The van der Waals surface area contributed by atoms with Gasteiger partial charge in [-0.05, 0) is 45.2 Å². The number of nitrogens with one attached hydrogen (secondary N) is 2. The van der Waals surface area contributed by atoms with Crippen molar-refractivity contribution >= 4 is 5.96 Å². The predicted molar refractivity (Wildman–Crippen MR) is 97.9 cm³/mol. The third kappa shape index (κ3) is 5.78. The van der Waals surface area contributed by atoms with E-state index in [0.29, 0.717) is 18.5 Å². The molecule has 24 heavy (non-hydrogen) atoms. The summed E-state index contributed by atoms with van der Waals surface area (Å²) in [4.78, 5) is 11.5. The van der Waals surface area contributed by atoms with E-state index in [1.54, 1.807) is 11.0 Å². The largest absolute Gasteiger partial charge is 0.357 e. The van der Waals surface area contributed by atoms with Crippen LogP contribution in [0.15, 0.2) is 11.3 Å². The van der Waals surface area contributed by atoms with Crippen molar-refractivity contribution in [2.75, 3.05) is 26.2 Å². The molecule has 2 rings (SSSR count). The first-order valence-electron chi connectivity index (χ1n) is 9.19. The summed E-state index contributed by atoms with van der Waals surface area (Å²) >= 11 is 0. The van der Waals surface area contributed by atoms with Crippen molar-refractivity contribution in [1.29, 1.82) is 0 Å². The van der Waals surface area contributed by atoms with Gasteiger partial charge in [0.1, 0.15) is 18.7 Å². The minimum atomic E-state index is 0.532. The second-order valence-electron chi connectivity index (χ2n) is 6.90. The zero-order chi connectivity index (χ0) is 17.4. The molecule has 0 amide bonds. The quantitative estimate of drug-likeness (QED) is 0.555. The molecule has 2 heterocycles. The van der Waals surface area contributed by atoms with E-state index in [-0.39, 0.29) is 0 Å². The molecule has 0 aromatic carbocycles. The van der Waals surface area contributed by atoms with Crippen LogP contribution in [-0.4, -0.2) is 57.8 Å². The summed E-state index contributed by atoms with van der Waals surface area (Å²) in [6, 6.07) is 0.575. The van der Waals surface area contributed by atoms with E-state index >= 15 is 0 Å². The SMILES string of the molecule is CCNC(=NCc1ncnn1C)NCC(CC(C)C)N1CCCC1. The Morgan fingerprint density at radius 1 is 1.29 bits per heavy atom. The van der Waals surface area contributed by atoms with Gasteiger partial charge in [-0.1, -0.05) is 13.8 Å². The molecule has 1 aromatic rings. The monoisotopic (exact) mass is 335 g/mol. The van der Waals surface area contributed by atoms with Crippen LogP contribution in [0.2, 0.25) is 0 Å². The predicted octanol–water partition coefficient (Wildman–Crippen LogP) is 1.38. The third-order valence-electron chi connectivity index (χ3n) is 4.43. The van der Waals surface area contributed by atoms with Crippen molar-refractivity contribution in [2.24, 2.45) is 18.0 Å². The normalized spacial score (nSPS) is 17.5. The molecular formula is C17H33N7. The maximum absolute atomic E-state index is 4.65. The number of nitrogens with zero attached hydrogens (tertiary/aromatic N) is 5. The van der Waals surface area contributed by atoms with Gasteiger partial charge in [0.15, 0.2) is 5.96 Å². The molecular weight excluding hydrogens is 302 g/mol. The van der Waals surface area contributed by atoms with E-state index < -0.39 is 0 Å².